The molecule has 6 heteroatoms. The van der Waals surface area contributed by atoms with Gasteiger partial charge < -0.3 is 19.8 Å². The highest BCUT2D eigenvalue weighted by Crippen LogP contribution is 2.42. The van der Waals surface area contributed by atoms with Gasteiger partial charge in [-0.3, -0.25) is 10.1 Å². The zero-order valence-electron chi connectivity index (χ0n) is 18.1. The van der Waals surface area contributed by atoms with Crippen LogP contribution < -0.4 is 10.1 Å². The molecule has 0 bridgehead atoms. The highest BCUT2D eigenvalue weighted by atomic mass is 16.5. The summed E-state index contributed by atoms with van der Waals surface area (Å²) in [7, 11) is 1.60. The predicted octanol–water partition coefficient (Wildman–Crippen LogP) is 3.06. The Hall–Kier alpha value is -3.19. The summed E-state index contributed by atoms with van der Waals surface area (Å²) in [5.41, 5.74) is 2.17. The number of nitrogens with one attached hydrogen (secondary N) is 1. The van der Waals surface area contributed by atoms with Gasteiger partial charge in [-0.1, -0.05) is 60.7 Å². The van der Waals surface area contributed by atoms with E-state index < -0.39 is 11.8 Å². The third kappa shape index (κ3) is 3.88. The number of benzene rings is 3. The first-order chi connectivity index (χ1) is 15.6. The highest BCUT2D eigenvalue weighted by Gasteiger charge is 2.50. The molecule has 0 fully saturated rings. The topological polar surface area (TPSA) is 82.0 Å². The Morgan fingerprint density at radius 3 is 2.38 bits per heavy atom. The molecule has 3 N–H and O–H groups in total. The van der Waals surface area contributed by atoms with Crippen LogP contribution >= 0.6 is 0 Å². The number of ether oxygens (including phenoxy) is 1. The summed E-state index contributed by atoms with van der Waals surface area (Å²) in [6.07, 6.45) is -0.333. The Bertz CT molecular complexity index is 1050. The van der Waals surface area contributed by atoms with Gasteiger partial charge in [-0.15, -0.1) is 0 Å². The molecule has 4 rings (SSSR count). The number of nitrogens with zero attached hydrogens (tertiary/aromatic N) is 1. The highest BCUT2D eigenvalue weighted by molar-refractivity contribution is 6.00. The fourth-order valence-electron chi connectivity index (χ4n) is 4.40. The van der Waals surface area contributed by atoms with E-state index >= 15 is 0 Å². The number of methoxy groups -OCH3 is 1. The Morgan fingerprint density at radius 1 is 1.00 bits per heavy atom. The molecule has 1 amide bonds. The maximum absolute atomic E-state index is 13.4. The number of carbonyl (C=O) groups excluding carboxylic acids is 1. The van der Waals surface area contributed by atoms with Crippen LogP contribution in [0.5, 0.6) is 5.75 Å². The summed E-state index contributed by atoms with van der Waals surface area (Å²) in [4.78, 5) is 15.2. The van der Waals surface area contributed by atoms with E-state index in [0.29, 0.717) is 18.5 Å². The van der Waals surface area contributed by atoms with E-state index in [-0.39, 0.29) is 19.1 Å². The van der Waals surface area contributed by atoms with Crippen molar-refractivity contribution in [3.8, 4) is 5.75 Å². The van der Waals surface area contributed by atoms with Crippen LogP contribution in [0.15, 0.2) is 78.9 Å². The van der Waals surface area contributed by atoms with Gasteiger partial charge in [-0.2, -0.15) is 0 Å². The lowest BCUT2D eigenvalue weighted by Gasteiger charge is -2.41. The van der Waals surface area contributed by atoms with Crippen LogP contribution in [-0.2, 0) is 5.66 Å². The van der Waals surface area contributed by atoms with Gasteiger partial charge in [0.25, 0.3) is 5.91 Å². The normalized spacial score (nSPS) is 18.5. The van der Waals surface area contributed by atoms with Crippen molar-refractivity contribution >= 4 is 5.91 Å². The first-order valence-electron chi connectivity index (χ1n) is 10.8. The van der Waals surface area contributed by atoms with Gasteiger partial charge in [0.15, 0.2) is 0 Å². The first kappa shape index (κ1) is 22.0. The molecular formula is C26H28N2O4. The minimum Gasteiger partial charge on any atom is -0.497 e. The van der Waals surface area contributed by atoms with Crippen LogP contribution in [-0.4, -0.2) is 47.8 Å². The molecule has 0 spiro atoms. The number of hydrogen-bond acceptors (Lipinski definition) is 5. The largest absolute Gasteiger partial charge is 0.497 e. The monoisotopic (exact) mass is 432 g/mol. The molecule has 3 aromatic carbocycles. The van der Waals surface area contributed by atoms with Gasteiger partial charge >= 0.3 is 0 Å². The zero-order valence-corrected chi connectivity index (χ0v) is 18.1. The Morgan fingerprint density at radius 2 is 1.69 bits per heavy atom. The maximum atomic E-state index is 13.4. The van der Waals surface area contributed by atoms with E-state index in [0.717, 1.165) is 22.4 Å². The molecule has 0 saturated carbocycles. The van der Waals surface area contributed by atoms with Crippen LogP contribution in [0.2, 0.25) is 0 Å². The van der Waals surface area contributed by atoms with Gasteiger partial charge in [0.05, 0.1) is 13.2 Å². The Labute approximate surface area is 188 Å². The van der Waals surface area contributed by atoms with Crippen molar-refractivity contribution < 1.29 is 19.7 Å². The van der Waals surface area contributed by atoms with Gasteiger partial charge in [0.1, 0.15) is 11.4 Å². The SMILES string of the molecule is COc1ccc([C@@H](O)CNC2(c3ccccc3)c3ccccc3C(=O)N2CCCO)cc1. The third-order valence-corrected chi connectivity index (χ3v) is 5.98. The molecule has 6 nitrogen and oxygen atoms in total. The average molecular weight is 433 g/mol. The summed E-state index contributed by atoms with van der Waals surface area (Å²) >= 11 is 0. The lowest BCUT2D eigenvalue weighted by atomic mass is 9.90. The van der Waals surface area contributed by atoms with E-state index in [1.807, 2.05) is 78.9 Å². The van der Waals surface area contributed by atoms with Crippen molar-refractivity contribution in [2.45, 2.75) is 18.2 Å². The second-order valence-corrected chi connectivity index (χ2v) is 7.83. The summed E-state index contributed by atoms with van der Waals surface area (Å²) in [6.45, 7) is 0.586. The summed E-state index contributed by atoms with van der Waals surface area (Å²) in [5.74, 6) is 0.629. The first-order valence-corrected chi connectivity index (χ1v) is 10.8. The predicted molar refractivity (Wildman–Crippen MR) is 122 cm³/mol. The fraction of sp³-hybridized carbons (Fsp3) is 0.269. The minimum atomic E-state index is -0.947. The molecule has 2 atom stereocenters. The molecule has 1 unspecified atom stereocenters. The van der Waals surface area contributed by atoms with Crippen LogP contribution in [0.25, 0.3) is 0 Å². The van der Waals surface area contributed by atoms with Crippen molar-refractivity contribution in [2.24, 2.45) is 0 Å². The van der Waals surface area contributed by atoms with Crippen LogP contribution in [0, 0.1) is 0 Å². The second kappa shape index (κ2) is 9.53. The van der Waals surface area contributed by atoms with Crippen LogP contribution in [0.4, 0.5) is 0 Å². The summed E-state index contributed by atoms with van der Waals surface area (Å²) in [5, 5.41) is 23.9. The van der Waals surface area contributed by atoms with Crippen molar-refractivity contribution in [2.75, 3.05) is 26.8 Å². The Balaban J connectivity index is 1.74. The Kier molecular flexibility index (Phi) is 6.55. The lowest BCUT2D eigenvalue weighted by molar-refractivity contribution is 0.0480. The van der Waals surface area contributed by atoms with Crippen molar-refractivity contribution in [3.05, 3.63) is 101 Å². The molecule has 1 heterocycles. The summed E-state index contributed by atoms with van der Waals surface area (Å²) < 4.78 is 5.20. The van der Waals surface area contributed by atoms with E-state index in [1.165, 1.54) is 0 Å². The lowest BCUT2D eigenvalue weighted by Crippen LogP contribution is -2.56. The quantitative estimate of drug-likeness (QED) is 0.484. The number of rotatable bonds is 9. The van der Waals surface area contributed by atoms with Gasteiger partial charge in [-0.05, 0) is 35.7 Å². The number of carbonyl (C=O) groups is 1. The van der Waals surface area contributed by atoms with E-state index in [1.54, 1.807) is 12.0 Å². The standard InChI is InChI=1S/C26H28N2O4/c1-32-21-14-12-19(13-15-21)24(30)18-27-26(20-8-3-2-4-9-20)23-11-6-5-10-22(23)25(31)28(26)16-7-17-29/h2-6,8-15,24,27,29-30H,7,16-18H2,1H3/t24-,26?/m0/s1. The molecule has 0 aliphatic carbocycles. The van der Waals surface area contributed by atoms with Crippen molar-refractivity contribution in [3.63, 3.8) is 0 Å². The molecular weight excluding hydrogens is 404 g/mol. The fourth-order valence-corrected chi connectivity index (χ4v) is 4.40. The van der Waals surface area contributed by atoms with Gasteiger partial charge in [0.2, 0.25) is 0 Å². The number of aliphatic hydroxyl groups is 2. The molecule has 0 aromatic heterocycles. The average Bonchev–Trinajstić information content (AvgIpc) is 3.10. The maximum Gasteiger partial charge on any atom is 0.256 e. The molecule has 166 valence electrons. The van der Waals surface area contributed by atoms with Crippen molar-refractivity contribution in [1.29, 1.82) is 0 Å². The van der Waals surface area contributed by atoms with Gasteiger partial charge in [-0.25, -0.2) is 0 Å². The third-order valence-electron chi connectivity index (χ3n) is 5.98. The number of hydrogen-bond donors (Lipinski definition) is 3. The van der Waals surface area contributed by atoms with E-state index in [4.69, 9.17) is 4.74 Å². The van der Waals surface area contributed by atoms with Crippen molar-refractivity contribution in [1.82, 2.24) is 10.2 Å². The van der Waals surface area contributed by atoms with E-state index in [2.05, 4.69) is 5.32 Å². The molecule has 0 saturated heterocycles. The number of fused-ring (bicyclic) bond motifs is 1. The van der Waals surface area contributed by atoms with Crippen LogP contribution in [0.3, 0.4) is 0 Å². The molecule has 1 aliphatic heterocycles. The van der Waals surface area contributed by atoms with Gasteiger partial charge in [0, 0.05) is 30.8 Å². The summed E-state index contributed by atoms with van der Waals surface area (Å²) in [6, 6.07) is 24.6. The molecule has 1 aliphatic rings. The smallest absolute Gasteiger partial charge is 0.256 e. The van der Waals surface area contributed by atoms with E-state index in [9.17, 15) is 15.0 Å². The number of amides is 1. The number of aliphatic hydroxyl groups excluding tert-OH is 2. The zero-order chi connectivity index (χ0) is 22.6. The molecule has 32 heavy (non-hydrogen) atoms. The second-order valence-electron chi connectivity index (χ2n) is 7.83. The minimum absolute atomic E-state index is 0.0144. The molecule has 0 radical (unpaired) electrons. The molecule has 3 aromatic rings. The van der Waals surface area contributed by atoms with Crippen LogP contribution in [0.1, 0.15) is 39.6 Å².